The van der Waals surface area contributed by atoms with Crippen molar-refractivity contribution in [1.29, 1.82) is 0 Å². The van der Waals surface area contributed by atoms with Gasteiger partial charge in [-0.25, -0.2) is 13.2 Å². The SMILES string of the molecule is CC(NC(=O)C1CCCCS1(=O)=O)(C(=O)O)C(F)(F)F. The summed E-state index contributed by atoms with van der Waals surface area (Å²) in [4.78, 5) is 22.5. The van der Waals surface area contributed by atoms with Crippen molar-refractivity contribution >= 4 is 21.7 Å². The molecule has 0 bridgehead atoms. The molecular weight excluding hydrogens is 303 g/mol. The highest BCUT2D eigenvalue weighted by atomic mass is 32.2. The van der Waals surface area contributed by atoms with Crippen molar-refractivity contribution in [3.63, 3.8) is 0 Å². The molecule has 0 radical (unpaired) electrons. The van der Waals surface area contributed by atoms with Crippen molar-refractivity contribution in [2.45, 2.75) is 43.2 Å². The van der Waals surface area contributed by atoms with Crippen molar-refractivity contribution in [3.8, 4) is 0 Å². The predicted molar refractivity (Wildman–Crippen MR) is 61.7 cm³/mol. The van der Waals surface area contributed by atoms with Gasteiger partial charge in [-0.1, -0.05) is 6.42 Å². The smallest absolute Gasteiger partial charge is 0.422 e. The Morgan fingerprint density at radius 1 is 1.25 bits per heavy atom. The van der Waals surface area contributed by atoms with Gasteiger partial charge >= 0.3 is 12.1 Å². The molecule has 116 valence electrons. The van der Waals surface area contributed by atoms with Crippen LogP contribution >= 0.6 is 0 Å². The van der Waals surface area contributed by atoms with Gasteiger partial charge in [0.05, 0.1) is 5.75 Å². The highest BCUT2D eigenvalue weighted by Crippen LogP contribution is 2.31. The molecule has 1 amide bonds. The number of sulfone groups is 1. The molecule has 1 aliphatic heterocycles. The summed E-state index contributed by atoms with van der Waals surface area (Å²) in [7, 11) is -3.84. The highest BCUT2D eigenvalue weighted by molar-refractivity contribution is 7.92. The topological polar surface area (TPSA) is 101 Å². The number of nitrogens with one attached hydrogen (secondary N) is 1. The maximum Gasteiger partial charge on any atom is 0.422 e. The zero-order chi connectivity index (χ0) is 15.8. The summed E-state index contributed by atoms with van der Waals surface area (Å²) in [6.45, 7) is 0.280. The molecular formula is C10H14F3NO5S. The van der Waals surface area contributed by atoms with Crippen LogP contribution in [-0.4, -0.2) is 48.1 Å². The largest absolute Gasteiger partial charge is 0.479 e. The van der Waals surface area contributed by atoms with Gasteiger partial charge in [-0.05, 0) is 19.8 Å². The number of carbonyl (C=O) groups is 2. The van der Waals surface area contributed by atoms with Crippen LogP contribution in [0.3, 0.4) is 0 Å². The van der Waals surface area contributed by atoms with E-state index >= 15 is 0 Å². The number of amides is 1. The average molecular weight is 317 g/mol. The Labute approximate surface area is 113 Å². The molecule has 0 saturated carbocycles. The molecule has 1 saturated heterocycles. The van der Waals surface area contributed by atoms with E-state index in [4.69, 9.17) is 5.11 Å². The van der Waals surface area contributed by atoms with Crippen molar-refractivity contribution in [1.82, 2.24) is 5.32 Å². The maximum atomic E-state index is 12.7. The van der Waals surface area contributed by atoms with E-state index in [1.165, 1.54) is 5.32 Å². The number of hydrogen-bond acceptors (Lipinski definition) is 4. The summed E-state index contributed by atoms with van der Waals surface area (Å²) in [5.41, 5.74) is -3.52. The summed E-state index contributed by atoms with van der Waals surface area (Å²) in [6.07, 6.45) is -4.64. The van der Waals surface area contributed by atoms with Crippen molar-refractivity contribution < 1.29 is 36.3 Å². The number of carbonyl (C=O) groups excluding carboxylic acids is 1. The third kappa shape index (κ3) is 3.05. The Balaban J connectivity index is 3.01. The van der Waals surface area contributed by atoms with Gasteiger partial charge in [0.15, 0.2) is 9.84 Å². The molecule has 2 unspecified atom stereocenters. The molecule has 6 nitrogen and oxygen atoms in total. The van der Waals surface area contributed by atoms with Crippen LogP contribution in [0.25, 0.3) is 0 Å². The first kappa shape index (κ1) is 16.7. The molecule has 2 atom stereocenters. The lowest BCUT2D eigenvalue weighted by atomic mass is 10.0. The first-order valence-corrected chi connectivity index (χ1v) is 7.47. The number of alkyl halides is 3. The molecule has 0 aromatic carbocycles. The molecule has 1 heterocycles. The van der Waals surface area contributed by atoms with Gasteiger partial charge in [0.2, 0.25) is 11.4 Å². The number of carboxylic acids is 1. The third-order valence-electron chi connectivity index (χ3n) is 3.24. The van der Waals surface area contributed by atoms with Crippen LogP contribution < -0.4 is 5.32 Å². The second-order valence-corrected chi connectivity index (χ2v) is 7.07. The number of rotatable bonds is 3. The molecule has 10 heteroatoms. The lowest BCUT2D eigenvalue weighted by molar-refractivity contribution is -0.206. The van der Waals surface area contributed by atoms with Crippen LogP contribution in [0.1, 0.15) is 26.2 Å². The minimum atomic E-state index is -5.24. The molecule has 1 rings (SSSR count). The summed E-state index contributed by atoms with van der Waals surface area (Å²) < 4.78 is 61.5. The third-order valence-corrected chi connectivity index (χ3v) is 5.41. The molecule has 2 N–H and O–H groups in total. The minimum absolute atomic E-state index is 0.109. The van der Waals surface area contributed by atoms with Gasteiger partial charge in [-0.2, -0.15) is 13.2 Å². The van der Waals surface area contributed by atoms with Crippen LogP contribution in [-0.2, 0) is 19.4 Å². The Bertz CT molecular complexity index is 515. The monoisotopic (exact) mass is 317 g/mol. The van der Waals surface area contributed by atoms with Gasteiger partial charge in [0, 0.05) is 0 Å². The Kier molecular flexibility index (Phi) is 4.37. The van der Waals surface area contributed by atoms with Crippen LogP contribution in [0.5, 0.6) is 0 Å². The van der Waals surface area contributed by atoms with Gasteiger partial charge in [0.25, 0.3) is 0 Å². The normalized spacial score (nSPS) is 25.5. The van der Waals surface area contributed by atoms with Crippen LogP contribution in [0.15, 0.2) is 0 Å². The number of halogens is 3. The van der Waals surface area contributed by atoms with E-state index in [9.17, 15) is 31.2 Å². The minimum Gasteiger partial charge on any atom is -0.479 e. The average Bonchev–Trinajstić information content (AvgIpc) is 2.26. The Morgan fingerprint density at radius 3 is 2.20 bits per heavy atom. The lowest BCUT2D eigenvalue weighted by Gasteiger charge is -2.31. The van der Waals surface area contributed by atoms with Gasteiger partial charge in [-0.3, -0.25) is 4.79 Å². The van der Waals surface area contributed by atoms with E-state index in [1.807, 2.05) is 0 Å². The molecule has 1 aliphatic rings. The Hall–Kier alpha value is -1.32. The summed E-state index contributed by atoms with van der Waals surface area (Å²) in [5, 5.41) is 8.35. The van der Waals surface area contributed by atoms with E-state index in [2.05, 4.69) is 0 Å². The zero-order valence-corrected chi connectivity index (χ0v) is 11.3. The van der Waals surface area contributed by atoms with Crippen LogP contribution in [0, 0.1) is 0 Å². The van der Waals surface area contributed by atoms with E-state index in [-0.39, 0.29) is 19.1 Å². The lowest BCUT2D eigenvalue weighted by Crippen LogP contribution is -2.64. The van der Waals surface area contributed by atoms with Crippen LogP contribution in [0.4, 0.5) is 13.2 Å². The molecule has 1 fully saturated rings. The highest BCUT2D eigenvalue weighted by Gasteiger charge is 2.59. The molecule has 0 aromatic heterocycles. The van der Waals surface area contributed by atoms with Crippen molar-refractivity contribution in [3.05, 3.63) is 0 Å². The van der Waals surface area contributed by atoms with Gasteiger partial charge < -0.3 is 10.4 Å². The summed E-state index contributed by atoms with van der Waals surface area (Å²) >= 11 is 0. The van der Waals surface area contributed by atoms with E-state index in [0.717, 1.165) is 0 Å². The Morgan fingerprint density at radius 2 is 1.80 bits per heavy atom. The fourth-order valence-corrected chi connectivity index (χ4v) is 3.62. The zero-order valence-electron chi connectivity index (χ0n) is 10.5. The predicted octanol–water partition coefficient (Wildman–Crippen LogP) is 0.476. The fraction of sp³-hybridized carbons (Fsp3) is 0.800. The first-order chi connectivity index (χ1) is 8.92. The van der Waals surface area contributed by atoms with E-state index in [0.29, 0.717) is 12.8 Å². The molecule has 0 spiro atoms. The van der Waals surface area contributed by atoms with Crippen molar-refractivity contribution in [2.24, 2.45) is 0 Å². The summed E-state index contributed by atoms with van der Waals surface area (Å²) in [5.74, 6) is -4.01. The second-order valence-electron chi connectivity index (χ2n) is 4.77. The van der Waals surface area contributed by atoms with E-state index in [1.54, 1.807) is 0 Å². The molecule has 20 heavy (non-hydrogen) atoms. The standard InChI is InChI=1S/C10H14F3NO5S/c1-9(8(16)17,10(11,12)13)14-7(15)6-4-2-3-5-20(6,18)19/h6H,2-5H2,1H3,(H,14,15)(H,16,17). The second kappa shape index (κ2) is 5.23. The van der Waals surface area contributed by atoms with Gasteiger partial charge in [0.1, 0.15) is 5.25 Å². The fourth-order valence-electron chi connectivity index (χ4n) is 1.82. The van der Waals surface area contributed by atoms with Crippen LogP contribution in [0.2, 0.25) is 0 Å². The van der Waals surface area contributed by atoms with E-state index < -0.39 is 38.7 Å². The quantitative estimate of drug-likeness (QED) is 0.788. The van der Waals surface area contributed by atoms with Crippen molar-refractivity contribution in [2.75, 3.05) is 5.75 Å². The van der Waals surface area contributed by atoms with Gasteiger partial charge in [-0.15, -0.1) is 0 Å². The first-order valence-electron chi connectivity index (χ1n) is 5.75. The molecule has 0 aromatic rings. The molecule has 0 aliphatic carbocycles. The number of aliphatic carboxylic acids is 1. The number of carboxylic acid groups (broad SMARTS) is 1. The summed E-state index contributed by atoms with van der Waals surface area (Å²) in [6, 6.07) is 0. The maximum absolute atomic E-state index is 12.7. The number of hydrogen-bond donors (Lipinski definition) is 2.